The van der Waals surface area contributed by atoms with E-state index in [1.165, 1.54) is 23.7 Å². The molecule has 2 aliphatic rings. The largest absolute Gasteiger partial charge is 0.350 e. The number of pyridine rings is 1. The lowest BCUT2D eigenvalue weighted by molar-refractivity contribution is -0.116. The normalized spacial score (nSPS) is 20.9. The van der Waals surface area contributed by atoms with Crippen molar-refractivity contribution in [2.75, 3.05) is 32.7 Å². The molecule has 5 rings (SSSR count). The molecule has 0 radical (unpaired) electrons. The number of aryl methyl sites for hydroxylation is 1. The van der Waals surface area contributed by atoms with Crippen LogP contribution in [0.5, 0.6) is 0 Å². The molecule has 4 heterocycles. The number of rotatable bonds is 8. The molecule has 0 aliphatic carbocycles. The average Bonchev–Trinajstić information content (AvgIpc) is 3.26. The van der Waals surface area contributed by atoms with E-state index in [1.807, 2.05) is 30.5 Å². The molecule has 1 fully saturated rings. The standard InChI is InChI=1S/C27H33N5OS/c1-20-18-30(19-21(2)31(20)14-7-10-22-8-4-3-5-9-22)15-13-28-27(33)24-16-23-17-29-25-11-6-12-26(34-24)32(23)25/h3-6,8-9,11-12,16-17,20-21H,7,10,13-15,18-19H2,1-2H3,(H,28,33)/t20-,21+. The van der Waals surface area contributed by atoms with Gasteiger partial charge in [-0.3, -0.25) is 19.0 Å². The van der Waals surface area contributed by atoms with Gasteiger partial charge in [0.2, 0.25) is 0 Å². The van der Waals surface area contributed by atoms with Crippen LogP contribution >= 0.6 is 11.8 Å². The summed E-state index contributed by atoms with van der Waals surface area (Å²) in [5.41, 5.74) is 3.29. The van der Waals surface area contributed by atoms with E-state index >= 15 is 0 Å². The van der Waals surface area contributed by atoms with Gasteiger partial charge in [0, 0.05) is 38.3 Å². The molecule has 1 amide bonds. The first-order valence-electron chi connectivity index (χ1n) is 12.2. The van der Waals surface area contributed by atoms with Gasteiger partial charge >= 0.3 is 0 Å². The number of imidazole rings is 1. The van der Waals surface area contributed by atoms with Crippen molar-refractivity contribution < 1.29 is 4.79 Å². The fourth-order valence-corrected chi connectivity index (χ4v) is 6.22. The van der Waals surface area contributed by atoms with E-state index in [0.717, 1.165) is 53.9 Å². The zero-order chi connectivity index (χ0) is 23.5. The van der Waals surface area contributed by atoms with Crippen molar-refractivity contribution in [3.05, 3.63) is 70.9 Å². The van der Waals surface area contributed by atoms with E-state index in [0.29, 0.717) is 18.6 Å². The van der Waals surface area contributed by atoms with Gasteiger partial charge < -0.3 is 5.32 Å². The highest BCUT2D eigenvalue weighted by Gasteiger charge is 2.29. The minimum absolute atomic E-state index is 0.00454. The number of hydrogen-bond acceptors (Lipinski definition) is 5. The Kier molecular flexibility index (Phi) is 7.04. The van der Waals surface area contributed by atoms with Gasteiger partial charge in [-0.1, -0.05) is 48.2 Å². The van der Waals surface area contributed by atoms with Gasteiger partial charge in [0.05, 0.1) is 21.8 Å². The van der Waals surface area contributed by atoms with E-state index in [-0.39, 0.29) is 5.91 Å². The van der Waals surface area contributed by atoms with Crippen LogP contribution < -0.4 is 5.32 Å². The molecule has 178 valence electrons. The number of benzene rings is 1. The van der Waals surface area contributed by atoms with Gasteiger partial charge in [-0.05, 0) is 57.0 Å². The first-order chi connectivity index (χ1) is 16.6. The van der Waals surface area contributed by atoms with Crippen LogP contribution in [0.3, 0.4) is 0 Å². The number of amides is 1. The number of aromatic nitrogens is 2. The molecule has 3 aromatic rings. The SMILES string of the molecule is C[C@@H]1CN(CCNC(=O)C2=Cc3cnc4cccc(n34)S2)C[C@H](C)N1CCCc1ccccc1. The van der Waals surface area contributed by atoms with Crippen LogP contribution in [0.1, 0.15) is 31.5 Å². The summed E-state index contributed by atoms with van der Waals surface area (Å²) in [5.74, 6) is -0.00454. The third-order valence-corrected chi connectivity index (χ3v) is 7.90. The predicted octanol–water partition coefficient (Wildman–Crippen LogP) is 3.92. The molecule has 0 unspecified atom stereocenters. The van der Waals surface area contributed by atoms with Crippen LogP contribution in [0.4, 0.5) is 0 Å². The summed E-state index contributed by atoms with van der Waals surface area (Å²) in [6.07, 6.45) is 6.09. The summed E-state index contributed by atoms with van der Waals surface area (Å²) in [4.78, 5) is 23.1. The summed E-state index contributed by atoms with van der Waals surface area (Å²) >= 11 is 1.51. The highest BCUT2D eigenvalue weighted by molar-refractivity contribution is 8.04. The van der Waals surface area contributed by atoms with Crippen molar-refractivity contribution >= 4 is 29.4 Å². The lowest BCUT2D eigenvalue weighted by atomic mass is 10.1. The monoisotopic (exact) mass is 475 g/mol. The number of nitrogens with zero attached hydrogens (tertiary/aromatic N) is 4. The Morgan fingerprint density at radius 3 is 2.65 bits per heavy atom. The van der Waals surface area contributed by atoms with Gasteiger partial charge in [0.1, 0.15) is 5.65 Å². The Morgan fingerprint density at radius 1 is 1.06 bits per heavy atom. The number of hydrogen-bond donors (Lipinski definition) is 1. The molecular formula is C27H33N5OS. The van der Waals surface area contributed by atoms with Gasteiger partial charge in [-0.15, -0.1) is 0 Å². The molecule has 1 saturated heterocycles. The summed E-state index contributed by atoms with van der Waals surface area (Å²) in [7, 11) is 0. The molecule has 1 aromatic carbocycles. The Morgan fingerprint density at radius 2 is 1.85 bits per heavy atom. The molecule has 6 nitrogen and oxygen atoms in total. The van der Waals surface area contributed by atoms with Crippen LogP contribution in [-0.4, -0.2) is 69.9 Å². The minimum atomic E-state index is -0.00454. The van der Waals surface area contributed by atoms with Crippen LogP contribution in [0.15, 0.2) is 64.7 Å². The molecule has 2 aliphatic heterocycles. The van der Waals surface area contributed by atoms with Crippen molar-refractivity contribution in [1.29, 1.82) is 0 Å². The topological polar surface area (TPSA) is 52.9 Å². The molecule has 1 N–H and O–H groups in total. The quantitative estimate of drug-likeness (QED) is 0.535. The third-order valence-electron chi connectivity index (χ3n) is 6.85. The average molecular weight is 476 g/mol. The minimum Gasteiger partial charge on any atom is -0.350 e. The van der Waals surface area contributed by atoms with E-state index < -0.39 is 0 Å². The molecule has 34 heavy (non-hydrogen) atoms. The fourth-order valence-electron chi connectivity index (χ4n) is 5.21. The number of piperazine rings is 1. The van der Waals surface area contributed by atoms with Crippen LogP contribution in [-0.2, 0) is 11.2 Å². The van der Waals surface area contributed by atoms with Crippen LogP contribution in [0.25, 0.3) is 11.7 Å². The highest BCUT2D eigenvalue weighted by atomic mass is 32.2. The van der Waals surface area contributed by atoms with Crippen molar-refractivity contribution in [1.82, 2.24) is 24.5 Å². The van der Waals surface area contributed by atoms with Gasteiger partial charge in [0.15, 0.2) is 0 Å². The van der Waals surface area contributed by atoms with E-state index in [2.05, 4.69) is 68.7 Å². The Labute approximate surface area is 206 Å². The Hall–Kier alpha value is -2.61. The second-order valence-electron chi connectivity index (χ2n) is 9.39. The second kappa shape index (κ2) is 10.3. The molecule has 7 heteroatoms. The van der Waals surface area contributed by atoms with Gasteiger partial charge in [-0.25, -0.2) is 4.98 Å². The maximum absolute atomic E-state index is 12.8. The zero-order valence-corrected chi connectivity index (χ0v) is 20.8. The molecular weight excluding hydrogens is 442 g/mol. The van der Waals surface area contributed by atoms with Crippen molar-refractivity contribution in [3.8, 4) is 0 Å². The third kappa shape index (κ3) is 5.06. The van der Waals surface area contributed by atoms with E-state index in [9.17, 15) is 4.79 Å². The van der Waals surface area contributed by atoms with Crippen molar-refractivity contribution in [2.24, 2.45) is 0 Å². The Balaban J connectivity index is 1.08. The van der Waals surface area contributed by atoms with Crippen LogP contribution in [0, 0.1) is 0 Å². The number of carbonyl (C=O) groups excluding carboxylic acids is 1. The first-order valence-corrected chi connectivity index (χ1v) is 13.1. The Bertz CT molecular complexity index is 1160. The lowest BCUT2D eigenvalue weighted by Crippen LogP contribution is -2.57. The highest BCUT2D eigenvalue weighted by Crippen LogP contribution is 2.34. The number of carbonyl (C=O) groups is 1. The van der Waals surface area contributed by atoms with E-state index in [4.69, 9.17) is 0 Å². The maximum atomic E-state index is 12.8. The predicted molar refractivity (Wildman–Crippen MR) is 139 cm³/mol. The van der Waals surface area contributed by atoms with Crippen molar-refractivity contribution in [3.63, 3.8) is 0 Å². The first kappa shape index (κ1) is 23.1. The van der Waals surface area contributed by atoms with Gasteiger partial charge in [0.25, 0.3) is 5.91 Å². The maximum Gasteiger partial charge on any atom is 0.258 e. The van der Waals surface area contributed by atoms with Crippen LogP contribution in [0.2, 0.25) is 0 Å². The molecule has 0 bridgehead atoms. The molecule has 2 atom stereocenters. The second-order valence-corrected chi connectivity index (χ2v) is 10.5. The number of thioether (sulfide) groups is 1. The fraction of sp³-hybridized carbons (Fsp3) is 0.407. The zero-order valence-electron chi connectivity index (χ0n) is 20.0. The van der Waals surface area contributed by atoms with Gasteiger partial charge in [-0.2, -0.15) is 0 Å². The van der Waals surface area contributed by atoms with E-state index in [1.54, 1.807) is 0 Å². The summed E-state index contributed by atoms with van der Waals surface area (Å²) in [5, 5.41) is 4.17. The summed E-state index contributed by atoms with van der Waals surface area (Å²) in [6, 6.07) is 17.8. The number of nitrogens with one attached hydrogen (secondary N) is 1. The van der Waals surface area contributed by atoms with Crippen molar-refractivity contribution in [2.45, 2.75) is 43.8 Å². The molecule has 0 spiro atoms. The lowest BCUT2D eigenvalue weighted by Gasteiger charge is -2.44. The molecule has 0 saturated carbocycles. The summed E-state index contributed by atoms with van der Waals surface area (Å²) in [6.45, 7) is 9.43. The smallest absolute Gasteiger partial charge is 0.258 e. The molecule has 2 aromatic heterocycles. The summed E-state index contributed by atoms with van der Waals surface area (Å²) < 4.78 is 2.09.